The van der Waals surface area contributed by atoms with E-state index in [-0.39, 0.29) is 0 Å². The highest BCUT2D eigenvalue weighted by atomic mass is 16.2. The average Bonchev–Trinajstić information content (AvgIpc) is 2.72. The minimum absolute atomic E-state index is 0.356. The van der Waals surface area contributed by atoms with Crippen molar-refractivity contribution < 1.29 is 4.79 Å². The molecule has 0 spiro atoms. The molecule has 0 unspecified atom stereocenters. The summed E-state index contributed by atoms with van der Waals surface area (Å²) in [6, 6.07) is 11.0. The highest BCUT2D eigenvalue weighted by molar-refractivity contribution is 5.78. The van der Waals surface area contributed by atoms with Crippen LogP contribution in [-0.2, 0) is 11.3 Å². The summed E-state index contributed by atoms with van der Waals surface area (Å²) >= 11 is 0. The van der Waals surface area contributed by atoms with E-state index in [1.54, 1.807) is 0 Å². The van der Waals surface area contributed by atoms with Crippen molar-refractivity contribution >= 4 is 5.91 Å². The van der Waals surface area contributed by atoms with Gasteiger partial charge >= 0.3 is 0 Å². The smallest absolute Gasteiger partial charge is 0.222 e. The van der Waals surface area contributed by atoms with Gasteiger partial charge in [-0.25, -0.2) is 0 Å². The monoisotopic (exact) mass is 230 g/mol. The Kier molecular flexibility index (Phi) is 2.85. The van der Waals surface area contributed by atoms with Crippen molar-refractivity contribution in [1.29, 1.82) is 0 Å². The summed E-state index contributed by atoms with van der Waals surface area (Å²) in [4.78, 5) is 16.1. The number of nitrogens with zero attached hydrogens (tertiary/aromatic N) is 2. The van der Waals surface area contributed by atoms with Gasteiger partial charge in [0.15, 0.2) is 0 Å². The van der Waals surface area contributed by atoms with E-state index in [0.29, 0.717) is 11.9 Å². The Morgan fingerprint density at radius 2 is 2.00 bits per heavy atom. The number of carbonyl (C=O) groups excluding carboxylic acids is 1. The second kappa shape index (κ2) is 4.49. The topological polar surface area (TPSA) is 23.6 Å². The van der Waals surface area contributed by atoms with Crippen LogP contribution in [0.15, 0.2) is 30.3 Å². The van der Waals surface area contributed by atoms with E-state index in [2.05, 4.69) is 40.1 Å². The summed E-state index contributed by atoms with van der Waals surface area (Å²) in [6.45, 7) is 3.98. The molecule has 0 aliphatic carbocycles. The zero-order valence-corrected chi connectivity index (χ0v) is 10.0. The van der Waals surface area contributed by atoms with Crippen molar-refractivity contribution in [1.82, 2.24) is 9.80 Å². The predicted octanol–water partition coefficient (Wildman–Crippen LogP) is 1.49. The molecular formula is C14H18N2O. The summed E-state index contributed by atoms with van der Waals surface area (Å²) < 4.78 is 0. The Morgan fingerprint density at radius 1 is 1.18 bits per heavy atom. The lowest BCUT2D eigenvalue weighted by Gasteiger charge is -2.37. The average molecular weight is 230 g/mol. The van der Waals surface area contributed by atoms with Crippen molar-refractivity contribution in [3.05, 3.63) is 35.9 Å². The predicted molar refractivity (Wildman–Crippen MR) is 66.5 cm³/mol. The number of fused-ring (bicyclic) bond motifs is 1. The number of rotatable bonds is 2. The molecular weight excluding hydrogens is 212 g/mol. The van der Waals surface area contributed by atoms with Crippen LogP contribution in [0.3, 0.4) is 0 Å². The van der Waals surface area contributed by atoms with E-state index >= 15 is 0 Å². The molecule has 90 valence electrons. The molecule has 0 bridgehead atoms. The van der Waals surface area contributed by atoms with Gasteiger partial charge in [0, 0.05) is 38.6 Å². The Bertz CT molecular complexity index is 404. The SMILES string of the molecule is O=C1CC[C@@H]2CN(Cc3ccccc3)CCN12. The molecule has 2 aliphatic rings. The van der Waals surface area contributed by atoms with Crippen LogP contribution in [0.2, 0.25) is 0 Å². The van der Waals surface area contributed by atoms with Gasteiger partial charge in [-0.15, -0.1) is 0 Å². The normalized spacial score (nSPS) is 25.1. The van der Waals surface area contributed by atoms with Gasteiger partial charge < -0.3 is 4.90 Å². The van der Waals surface area contributed by atoms with Gasteiger partial charge in [0.25, 0.3) is 0 Å². The van der Waals surface area contributed by atoms with E-state index in [1.165, 1.54) is 5.56 Å². The molecule has 1 atom stereocenters. The molecule has 0 radical (unpaired) electrons. The fraction of sp³-hybridized carbons (Fsp3) is 0.500. The van der Waals surface area contributed by atoms with Crippen LogP contribution in [0.25, 0.3) is 0 Å². The second-order valence-electron chi connectivity index (χ2n) is 5.00. The molecule has 3 rings (SSSR count). The van der Waals surface area contributed by atoms with E-state index in [0.717, 1.165) is 39.0 Å². The van der Waals surface area contributed by atoms with Gasteiger partial charge in [-0.05, 0) is 12.0 Å². The molecule has 2 saturated heterocycles. The molecule has 3 heteroatoms. The maximum Gasteiger partial charge on any atom is 0.222 e. The highest BCUT2D eigenvalue weighted by Gasteiger charge is 2.35. The number of amides is 1. The standard InChI is InChI=1S/C14H18N2O/c17-14-7-6-13-11-15(8-9-16(13)14)10-12-4-2-1-3-5-12/h1-5,13H,6-11H2/t13-/m1/s1. The molecule has 1 aromatic carbocycles. The van der Waals surface area contributed by atoms with Gasteiger partial charge in [-0.2, -0.15) is 0 Å². The Hall–Kier alpha value is -1.35. The van der Waals surface area contributed by atoms with E-state index < -0.39 is 0 Å². The first-order valence-corrected chi connectivity index (χ1v) is 6.39. The van der Waals surface area contributed by atoms with Crippen molar-refractivity contribution in [2.45, 2.75) is 25.4 Å². The largest absolute Gasteiger partial charge is 0.337 e. The third-order valence-corrected chi connectivity index (χ3v) is 3.83. The third-order valence-electron chi connectivity index (χ3n) is 3.83. The van der Waals surface area contributed by atoms with Crippen LogP contribution in [0, 0.1) is 0 Å². The van der Waals surface area contributed by atoms with Gasteiger partial charge in [0.1, 0.15) is 0 Å². The van der Waals surface area contributed by atoms with Crippen molar-refractivity contribution in [3.63, 3.8) is 0 Å². The molecule has 1 amide bonds. The van der Waals surface area contributed by atoms with Crippen LogP contribution in [0.1, 0.15) is 18.4 Å². The number of hydrogen-bond acceptors (Lipinski definition) is 2. The maximum atomic E-state index is 11.6. The highest BCUT2D eigenvalue weighted by Crippen LogP contribution is 2.23. The zero-order chi connectivity index (χ0) is 11.7. The lowest BCUT2D eigenvalue weighted by molar-refractivity contribution is -0.130. The van der Waals surface area contributed by atoms with Crippen LogP contribution < -0.4 is 0 Å². The summed E-state index contributed by atoms with van der Waals surface area (Å²) in [5, 5.41) is 0. The number of hydrogen-bond donors (Lipinski definition) is 0. The fourth-order valence-corrected chi connectivity index (χ4v) is 2.91. The first-order chi connectivity index (χ1) is 8.33. The third kappa shape index (κ3) is 2.20. The molecule has 17 heavy (non-hydrogen) atoms. The van der Waals surface area contributed by atoms with E-state index in [1.807, 2.05) is 0 Å². The first-order valence-electron chi connectivity index (χ1n) is 6.39. The lowest BCUT2D eigenvalue weighted by atomic mass is 10.1. The zero-order valence-electron chi connectivity index (χ0n) is 10.0. The minimum atomic E-state index is 0.356. The van der Waals surface area contributed by atoms with Gasteiger partial charge in [0.2, 0.25) is 5.91 Å². The first kappa shape index (κ1) is 10.8. The van der Waals surface area contributed by atoms with E-state index in [4.69, 9.17) is 0 Å². The van der Waals surface area contributed by atoms with Crippen LogP contribution in [-0.4, -0.2) is 41.4 Å². The minimum Gasteiger partial charge on any atom is -0.337 e. The molecule has 2 heterocycles. The van der Waals surface area contributed by atoms with Crippen molar-refractivity contribution in [2.75, 3.05) is 19.6 Å². The number of carbonyl (C=O) groups is 1. The molecule has 0 saturated carbocycles. The maximum absolute atomic E-state index is 11.6. The van der Waals surface area contributed by atoms with Gasteiger partial charge in [-0.3, -0.25) is 9.69 Å². The van der Waals surface area contributed by atoms with Crippen LogP contribution in [0.4, 0.5) is 0 Å². The molecule has 0 aromatic heterocycles. The Labute approximate surface area is 102 Å². The van der Waals surface area contributed by atoms with Crippen molar-refractivity contribution in [3.8, 4) is 0 Å². The molecule has 2 aliphatic heterocycles. The number of piperazine rings is 1. The summed E-state index contributed by atoms with van der Waals surface area (Å²) in [5.74, 6) is 0.356. The van der Waals surface area contributed by atoms with Crippen LogP contribution >= 0.6 is 0 Å². The van der Waals surface area contributed by atoms with Crippen LogP contribution in [0.5, 0.6) is 0 Å². The second-order valence-corrected chi connectivity index (χ2v) is 5.00. The molecule has 2 fully saturated rings. The Balaban J connectivity index is 1.62. The summed E-state index contributed by atoms with van der Waals surface area (Å²) in [5.41, 5.74) is 1.37. The Morgan fingerprint density at radius 3 is 2.82 bits per heavy atom. The molecule has 0 N–H and O–H groups in total. The van der Waals surface area contributed by atoms with Crippen molar-refractivity contribution in [2.24, 2.45) is 0 Å². The number of benzene rings is 1. The molecule has 3 nitrogen and oxygen atoms in total. The molecule has 1 aromatic rings. The fourth-order valence-electron chi connectivity index (χ4n) is 2.91. The van der Waals surface area contributed by atoms with Gasteiger partial charge in [-0.1, -0.05) is 30.3 Å². The lowest BCUT2D eigenvalue weighted by Crippen LogP contribution is -2.50. The summed E-state index contributed by atoms with van der Waals surface area (Å²) in [6.07, 6.45) is 1.80. The van der Waals surface area contributed by atoms with E-state index in [9.17, 15) is 4.79 Å². The summed E-state index contributed by atoms with van der Waals surface area (Å²) in [7, 11) is 0. The quantitative estimate of drug-likeness (QED) is 0.768. The van der Waals surface area contributed by atoms with Gasteiger partial charge in [0.05, 0.1) is 0 Å².